The fourth-order valence-electron chi connectivity index (χ4n) is 1.10. The van der Waals surface area contributed by atoms with Crippen LogP contribution in [0.2, 0.25) is 5.02 Å². The van der Waals surface area contributed by atoms with Crippen molar-refractivity contribution in [2.24, 2.45) is 0 Å². The summed E-state index contributed by atoms with van der Waals surface area (Å²) < 4.78 is 18.2. The summed E-state index contributed by atoms with van der Waals surface area (Å²) in [7, 11) is 0. The molecule has 3 nitrogen and oxygen atoms in total. The fourth-order valence-corrected chi connectivity index (χ4v) is 1.35. The van der Waals surface area contributed by atoms with Crippen LogP contribution in [0.15, 0.2) is 12.1 Å². The lowest BCUT2D eigenvalue weighted by Crippen LogP contribution is -2.24. The Morgan fingerprint density at radius 3 is 2.50 bits per heavy atom. The second kappa shape index (κ2) is 4.29. The molecular weight excluding hydrogens is 233 g/mol. The van der Waals surface area contributed by atoms with Crippen LogP contribution in [0.3, 0.4) is 0 Å². The van der Waals surface area contributed by atoms with Crippen LogP contribution in [-0.4, -0.2) is 11.6 Å². The molecule has 0 spiro atoms. The van der Waals surface area contributed by atoms with Crippen molar-refractivity contribution in [3.8, 4) is 0 Å². The van der Waals surface area contributed by atoms with Gasteiger partial charge in [0.2, 0.25) is 0 Å². The number of rotatable bonds is 1. The number of benzene rings is 1. The Balaban J connectivity index is 3.14. The summed E-state index contributed by atoms with van der Waals surface area (Å²) in [6.07, 6.45) is 0. The van der Waals surface area contributed by atoms with Gasteiger partial charge in [0.15, 0.2) is 0 Å². The molecule has 0 bridgehead atoms. The largest absolute Gasteiger partial charge is 0.456 e. The van der Waals surface area contributed by atoms with Gasteiger partial charge in [-0.05, 0) is 32.9 Å². The van der Waals surface area contributed by atoms with Gasteiger partial charge in [0, 0.05) is 0 Å². The smallest absolute Gasteiger partial charge is 0.342 e. The number of anilines is 1. The van der Waals surface area contributed by atoms with Crippen molar-refractivity contribution in [3.63, 3.8) is 0 Å². The molecule has 0 heterocycles. The van der Waals surface area contributed by atoms with Crippen molar-refractivity contribution in [2.45, 2.75) is 26.4 Å². The normalized spacial score (nSPS) is 11.3. The van der Waals surface area contributed by atoms with Crippen LogP contribution in [0, 0.1) is 5.82 Å². The summed E-state index contributed by atoms with van der Waals surface area (Å²) in [6, 6.07) is 2.37. The average Bonchev–Trinajstić information content (AvgIpc) is 2.09. The van der Waals surface area contributed by atoms with E-state index in [1.165, 1.54) is 6.07 Å². The topological polar surface area (TPSA) is 52.3 Å². The van der Waals surface area contributed by atoms with E-state index in [2.05, 4.69) is 0 Å². The van der Waals surface area contributed by atoms with Crippen LogP contribution in [-0.2, 0) is 4.74 Å². The van der Waals surface area contributed by atoms with Gasteiger partial charge in [-0.15, -0.1) is 0 Å². The Labute approximate surface area is 98.3 Å². The lowest BCUT2D eigenvalue weighted by Gasteiger charge is -2.20. The van der Waals surface area contributed by atoms with Gasteiger partial charge in [0.1, 0.15) is 17.0 Å². The van der Waals surface area contributed by atoms with Gasteiger partial charge < -0.3 is 10.5 Å². The molecule has 0 saturated heterocycles. The predicted octanol–water partition coefficient (Wildman–Crippen LogP) is 3.02. The highest BCUT2D eigenvalue weighted by Crippen LogP contribution is 2.27. The molecule has 0 aliphatic carbocycles. The Morgan fingerprint density at radius 2 is 2.00 bits per heavy atom. The van der Waals surface area contributed by atoms with E-state index in [9.17, 15) is 9.18 Å². The van der Waals surface area contributed by atoms with Crippen LogP contribution in [0.5, 0.6) is 0 Å². The van der Waals surface area contributed by atoms with E-state index in [4.69, 9.17) is 22.1 Å². The van der Waals surface area contributed by atoms with Gasteiger partial charge in [0.25, 0.3) is 0 Å². The minimum Gasteiger partial charge on any atom is -0.456 e. The maximum atomic E-state index is 13.2. The first-order chi connectivity index (χ1) is 7.22. The van der Waals surface area contributed by atoms with Crippen LogP contribution >= 0.6 is 11.6 Å². The SMILES string of the molecule is CC(C)(C)OC(=O)c1c(Cl)ccc(F)c1N. The Hall–Kier alpha value is -1.29. The minimum atomic E-state index is -0.727. The second-order valence-electron chi connectivity index (χ2n) is 4.32. The van der Waals surface area contributed by atoms with Crippen molar-refractivity contribution < 1.29 is 13.9 Å². The van der Waals surface area contributed by atoms with Crippen molar-refractivity contribution >= 4 is 23.3 Å². The minimum absolute atomic E-state index is 0.0770. The second-order valence-corrected chi connectivity index (χ2v) is 4.73. The first-order valence-corrected chi connectivity index (χ1v) is 5.07. The summed E-state index contributed by atoms with van der Waals surface area (Å²) in [6.45, 7) is 5.11. The summed E-state index contributed by atoms with van der Waals surface area (Å²) >= 11 is 5.78. The molecule has 0 atom stereocenters. The van der Waals surface area contributed by atoms with Crippen molar-refractivity contribution in [1.82, 2.24) is 0 Å². The number of hydrogen-bond donors (Lipinski definition) is 1. The highest BCUT2D eigenvalue weighted by molar-refractivity contribution is 6.34. The molecule has 0 aromatic heterocycles. The van der Waals surface area contributed by atoms with E-state index in [0.717, 1.165) is 6.07 Å². The number of halogens is 2. The zero-order chi connectivity index (χ0) is 12.5. The molecule has 5 heteroatoms. The lowest BCUT2D eigenvalue weighted by atomic mass is 10.1. The standard InChI is InChI=1S/C11H13ClFNO2/c1-11(2,3)16-10(15)8-6(12)4-5-7(13)9(8)14/h4-5H,14H2,1-3H3. The Morgan fingerprint density at radius 1 is 1.44 bits per heavy atom. The fraction of sp³-hybridized carbons (Fsp3) is 0.364. The number of esters is 1. The quantitative estimate of drug-likeness (QED) is 0.611. The summed E-state index contributed by atoms with van der Waals surface area (Å²) in [5.41, 5.74) is 4.34. The molecule has 1 aromatic rings. The lowest BCUT2D eigenvalue weighted by molar-refractivity contribution is 0.00706. The highest BCUT2D eigenvalue weighted by Gasteiger charge is 2.23. The molecule has 1 aromatic carbocycles. The number of carbonyl (C=O) groups excluding carboxylic acids is 1. The number of hydrogen-bond acceptors (Lipinski definition) is 3. The predicted molar refractivity (Wildman–Crippen MR) is 61.0 cm³/mol. The molecule has 16 heavy (non-hydrogen) atoms. The molecule has 0 fully saturated rings. The molecule has 0 aliphatic heterocycles. The van der Waals surface area contributed by atoms with E-state index >= 15 is 0 Å². The monoisotopic (exact) mass is 245 g/mol. The van der Waals surface area contributed by atoms with Gasteiger partial charge in [0.05, 0.1) is 10.7 Å². The zero-order valence-corrected chi connectivity index (χ0v) is 10.1. The Kier molecular flexibility index (Phi) is 3.43. The third kappa shape index (κ3) is 2.85. The molecule has 1 rings (SSSR count). The van der Waals surface area contributed by atoms with Gasteiger partial charge in [-0.3, -0.25) is 0 Å². The third-order valence-electron chi connectivity index (χ3n) is 1.74. The number of carbonyl (C=O) groups is 1. The van der Waals surface area contributed by atoms with E-state index < -0.39 is 17.4 Å². The van der Waals surface area contributed by atoms with Gasteiger partial charge in [-0.2, -0.15) is 0 Å². The third-order valence-corrected chi connectivity index (χ3v) is 2.06. The number of nitrogen functional groups attached to an aromatic ring is 1. The van der Waals surface area contributed by atoms with E-state index in [1.807, 2.05) is 0 Å². The van der Waals surface area contributed by atoms with Crippen molar-refractivity contribution in [2.75, 3.05) is 5.73 Å². The Bertz CT molecular complexity index is 427. The summed E-state index contributed by atoms with van der Waals surface area (Å²) in [4.78, 5) is 11.7. The van der Waals surface area contributed by atoms with Crippen LogP contribution < -0.4 is 5.73 Å². The van der Waals surface area contributed by atoms with Crippen LogP contribution in [0.1, 0.15) is 31.1 Å². The van der Waals surface area contributed by atoms with Gasteiger partial charge >= 0.3 is 5.97 Å². The molecule has 0 amide bonds. The molecule has 88 valence electrons. The van der Waals surface area contributed by atoms with Crippen molar-refractivity contribution in [3.05, 3.63) is 28.5 Å². The maximum absolute atomic E-state index is 13.2. The van der Waals surface area contributed by atoms with E-state index in [1.54, 1.807) is 20.8 Å². The number of ether oxygens (including phenoxy) is 1. The molecular formula is C11H13ClFNO2. The molecule has 2 N–H and O–H groups in total. The zero-order valence-electron chi connectivity index (χ0n) is 9.30. The molecule has 0 saturated carbocycles. The summed E-state index contributed by atoms with van der Waals surface area (Å²) in [5, 5.41) is 0.0770. The first kappa shape index (κ1) is 12.8. The molecule has 0 aliphatic rings. The first-order valence-electron chi connectivity index (χ1n) is 4.69. The number of nitrogens with two attached hydrogens (primary N) is 1. The average molecular weight is 246 g/mol. The summed E-state index contributed by atoms with van der Waals surface area (Å²) in [5.74, 6) is -1.42. The van der Waals surface area contributed by atoms with E-state index in [-0.39, 0.29) is 16.3 Å². The van der Waals surface area contributed by atoms with Crippen molar-refractivity contribution in [1.29, 1.82) is 0 Å². The van der Waals surface area contributed by atoms with Crippen LogP contribution in [0.4, 0.5) is 10.1 Å². The maximum Gasteiger partial charge on any atom is 0.342 e. The van der Waals surface area contributed by atoms with Gasteiger partial charge in [-0.1, -0.05) is 11.6 Å². The molecule has 0 radical (unpaired) electrons. The van der Waals surface area contributed by atoms with Gasteiger partial charge in [-0.25, -0.2) is 9.18 Å². The van der Waals surface area contributed by atoms with E-state index in [0.29, 0.717) is 0 Å². The molecule has 0 unspecified atom stereocenters. The van der Waals surface area contributed by atoms with Crippen LogP contribution in [0.25, 0.3) is 0 Å². The highest BCUT2D eigenvalue weighted by atomic mass is 35.5.